The van der Waals surface area contributed by atoms with E-state index in [1.54, 1.807) is 6.08 Å². The number of carbonyl (C=O) groups is 2. The summed E-state index contributed by atoms with van der Waals surface area (Å²) in [5.74, 6) is -2.21. The molecule has 0 saturated heterocycles. The highest BCUT2D eigenvalue weighted by Crippen LogP contribution is 2.22. The predicted octanol–water partition coefficient (Wildman–Crippen LogP) is 3.77. The summed E-state index contributed by atoms with van der Waals surface area (Å²) in [5, 5.41) is 9.35. The molecule has 120 valence electrons. The molecule has 4 heteroatoms. The molecule has 2 atom stereocenters. The van der Waals surface area contributed by atoms with Crippen LogP contribution in [0.2, 0.25) is 0 Å². The second-order valence-corrected chi connectivity index (χ2v) is 5.62. The molecule has 0 radical (unpaired) electrons. The lowest BCUT2D eigenvalue weighted by molar-refractivity contribution is -0.157. The monoisotopic (exact) mass is 304 g/mol. The number of benzene rings is 1. The molecule has 0 heterocycles. The Morgan fingerprint density at radius 3 is 2.36 bits per heavy atom. The summed E-state index contributed by atoms with van der Waals surface area (Å²) in [6.07, 6.45) is 3.71. The van der Waals surface area contributed by atoms with E-state index in [2.05, 4.69) is 0 Å². The summed E-state index contributed by atoms with van der Waals surface area (Å²) in [6.45, 7) is 5.60. The van der Waals surface area contributed by atoms with Gasteiger partial charge in [0.2, 0.25) is 0 Å². The minimum atomic E-state index is -0.923. The highest BCUT2D eigenvalue weighted by Gasteiger charge is 2.32. The van der Waals surface area contributed by atoms with Gasteiger partial charge >= 0.3 is 11.9 Å². The topological polar surface area (TPSA) is 63.6 Å². The smallest absolute Gasteiger partial charge is 0.331 e. The molecule has 0 aliphatic carbocycles. The maximum absolute atomic E-state index is 11.9. The van der Waals surface area contributed by atoms with Gasteiger partial charge in [-0.15, -0.1) is 0 Å². The first-order valence-corrected chi connectivity index (χ1v) is 7.62. The van der Waals surface area contributed by atoms with Crippen molar-refractivity contribution in [3.63, 3.8) is 0 Å². The Bertz CT molecular complexity index is 505. The van der Waals surface area contributed by atoms with Crippen molar-refractivity contribution in [2.24, 2.45) is 11.8 Å². The summed E-state index contributed by atoms with van der Waals surface area (Å²) in [6, 6.07) is 9.41. The molecule has 22 heavy (non-hydrogen) atoms. The predicted molar refractivity (Wildman–Crippen MR) is 86.2 cm³/mol. The first kappa shape index (κ1) is 18.0. The fraction of sp³-hybridized carbons (Fsp3) is 0.444. The van der Waals surface area contributed by atoms with E-state index in [0.29, 0.717) is 6.42 Å². The molecule has 0 spiro atoms. The van der Waals surface area contributed by atoms with Crippen LogP contribution in [-0.4, -0.2) is 23.1 Å². The van der Waals surface area contributed by atoms with Crippen LogP contribution in [0.3, 0.4) is 0 Å². The Hall–Kier alpha value is -2.10. The Morgan fingerprint density at radius 1 is 1.23 bits per heavy atom. The number of hydrogen-bond donors (Lipinski definition) is 1. The first-order chi connectivity index (χ1) is 10.5. The van der Waals surface area contributed by atoms with Crippen LogP contribution in [0.4, 0.5) is 0 Å². The lowest BCUT2D eigenvalue weighted by Crippen LogP contribution is -2.35. The molecule has 1 N–H and O–H groups in total. The highest BCUT2D eigenvalue weighted by atomic mass is 16.5. The number of aliphatic carboxylic acids is 1. The summed E-state index contributed by atoms with van der Waals surface area (Å²) in [7, 11) is 0. The van der Waals surface area contributed by atoms with Gasteiger partial charge in [0.1, 0.15) is 6.10 Å². The fourth-order valence-electron chi connectivity index (χ4n) is 2.39. The van der Waals surface area contributed by atoms with Crippen LogP contribution in [0.15, 0.2) is 36.4 Å². The van der Waals surface area contributed by atoms with Crippen molar-refractivity contribution in [1.29, 1.82) is 0 Å². The van der Waals surface area contributed by atoms with Gasteiger partial charge < -0.3 is 9.84 Å². The van der Waals surface area contributed by atoms with Gasteiger partial charge in [-0.3, -0.25) is 4.79 Å². The fourth-order valence-corrected chi connectivity index (χ4v) is 2.39. The van der Waals surface area contributed by atoms with E-state index in [-0.39, 0.29) is 5.92 Å². The Balaban J connectivity index is 2.75. The number of carboxylic acid groups (broad SMARTS) is 1. The van der Waals surface area contributed by atoms with E-state index < -0.39 is 24.0 Å². The van der Waals surface area contributed by atoms with Crippen molar-refractivity contribution in [2.45, 2.75) is 39.7 Å². The zero-order valence-electron chi connectivity index (χ0n) is 13.4. The summed E-state index contributed by atoms with van der Waals surface area (Å²) in [5.41, 5.74) is 0.894. The van der Waals surface area contributed by atoms with Gasteiger partial charge in [0, 0.05) is 6.08 Å². The minimum absolute atomic E-state index is 0.0973. The lowest BCUT2D eigenvalue weighted by Gasteiger charge is -2.26. The molecular weight excluding hydrogens is 280 g/mol. The van der Waals surface area contributed by atoms with Crippen molar-refractivity contribution in [3.8, 4) is 0 Å². The lowest BCUT2D eigenvalue weighted by atomic mass is 9.88. The van der Waals surface area contributed by atoms with Gasteiger partial charge in [-0.25, -0.2) is 4.79 Å². The zero-order chi connectivity index (χ0) is 16.5. The van der Waals surface area contributed by atoms with Gasteiger partial charge in [0.25, 0.3) is 0 Å². The normalized spacial score (nSPS) is 14.0. The number of carbonyl (C=O) groups excluding carboxylic acids is 1. The molecular formula is C18H24O4. The molecule has 1 aromatic rings. The molecule has 0 bridgehead atoms. The Morgan fingerprint density at radius 2 is 1.86 bits per heavy atom. The molecule has 2 unspecified atom stereocenters. The van der Waals surface area contributed by atoms with Crippen LogP contribution in [0.25, 0.3) is 6.08 Å². The van der Waals surface area contributed by atoms with Crippen LogP contribution < -0.4 is 0 Å². The molecule has 0 aliphatic rings. The van der Waals surface area contributed by atoms with Crippen LogP contribution in [0, 0.1) is 11.8 Å². The van der Waals surface area contributed by atoms with E-state index in [4.69, 9.17) is 4.74 Å². The van der Waals surface area contributed by atoms with E-state index in [1.807, 2.05) is 51.1 Å². The van der Waals surface area contributed by atoms with Crippen molar-refractivity contribution in [2.75, 3.05) is 0 Å². The Labute approximate surface area is 131 Å². The average Bonchev–Trinajstić information content (AvgIpc) is 2.45. The van der Waals surface area contributed by atoms with E-state index in [0.717, 1.165) is 12.0 Å². The van der Waals surface area contributed by atoms with Crippen LogP contribution in [0.5, 0.6) is 0 Å². The van der Waals surface area contributed by atoms with Crippen LogP contribution in [0.1, 0.15) is 39.2 Å². The third-order valence-corrected chi connectivity index (χ3v) is 3.46. The maximum Gasteiger partial charge on any atom is 0.331 e. The molecule has 1 aromatic carbocycles. The van der Waals surface area contributed by atoms with E-state index in [9.17, 15) is 14.7 Å². The molecule has 0 aliphatic heterocycles. The SMILES string of the molecule is CCCC(OC(=O)C=Cc1ccccc1)C(C(=O)O)C(C)C. The minimum Gasteiger partial charge on any atom is -0.481 e. The first-order valence-electron chi connectivity index (χ1n) is 7.62. The van der Waals surface area contributed by atoms with Crippen molar-refractivity contribution in [3.05, 3.63) is 42.0 Å². The van der Waals surface area contributed by atoms with Crippen molar-refractivity contribution >= 4 is 18.0 Å². The van der Waals surface area contributed by atoms with Gasteiger partial charge in [0.05, 0.1) is 5.92 Å². The van der Waals surface area contributed by atoms with Gasteiger partial charge in [0.15, 0.2) is 0 Å². The Kier molecular flexibility index (Phi) is 7.37. The molecule has 0 fully saturated rings. The molecule has 0 saturated carbocycles. The van der Waals surface area contributed by atoms with Crippen molar-refractivity contribution in [1.82, 2.24) is 0 Å². The van der Waals surface area contributed by atoms with Crippen LogP contribution in [-0.2, 0) is 14.3 Å². The number of carboxylic acids is 1. The highest BCUT2D eigenvalue weighted by molar-refractivity contribution is 5.87. The number of esters is 1. The van der Waals surface area contributed by atoms with E-state index in [1.165, 1.54) is 6.08 Å². The van der Waals surface area contributed by atoms with E-state index >= 15 is 0 Å². The third kappa shape index (κ3) is 5.72. The third-order valence-electron chi connectivity index (χ3n) is 3.46. The van der Waals surface area contributed by atoms with Gasteiger partial charge in [-0.05, 0) is 24.0 Å². The molecule has 0 amide bonds. The molecule has 1 rings (SSSR count). The second-order valence-electron chi connectivity index (χ2n) is 5.62. The number of ether oxygens (including phenoxy) is 1. The maximum atomic E-state index is 11.9. The van der Waals surface area contributed by atoms with Gasteiger partial charge in [-0.2, -0.15) is 0 Å². The summed E-state index contributed by atoms with van der Waals surface area (Å²) >= 11 is 0. The van der Waals surface area contributed by atoms with Crippen LogP contribution >= 0.6 is 0 Å². The number of hydrogen-bond acceptors (Lipinski definition) is 3. The van der Waals surface area contributed by atoms with Crippen molar-refractivity contribution < 1.29 is 19.4 Å². The largest absolute Gasteiger partial charge is 0.481 e. The van der Waals surface area contributed by atoms with Gasteiger partial charge in [-0.1, -0.05) is 57.5 Å². The number of rotatable bonds is 8. The summed E-state index contributed by atoms with van der Waals surface area (Å²) in [4.78, 5) is 23.4. The average molecular weight is 304 g/mol. The quantitative estimate of drug-likeness (QED) is 0.586. The molecule has 0 aromatic heterocycles. The second kappa shape index (κ2) is 9.03. The molecule has 4 nitrogen and oxygen atoms in total. The summed E-state index contributed by atoms with van der Waals surface area (Å²) < 4.78 is 5.39. The standard InChI is InChI=1S/C18H24O4/c1-4-8-15(17(13(2)3)18(20)21)22-16(19)12-11-14-9-6-5-7-10-14/h5-7,9-13,15,17H,4,8H2,1-3H3,(H,20,21). The zero-order valence-corrected chi connectivity index (χ0v) is 13.4.